The lowest BCUT2D eigenvalue weighted by molar-refractivity contribution is 0.337. The second-order valence-corrected chi connectivity index (χ2v) is 4.58. The number of hydrogen-bond donors (Lipinski definition) is 1. The number of rotatable bonds is 3. The van der Waals surface area contributed by atoms with Gasteiger partial charge in [-0.3, -0.25) is 0 Å². The van der Waals surface area contributed by atoms with E-state index >= 15 is 0 Å². The lowest BCUT2D eigenvalue weighted by atomic mass is 9.82. The van der Waals surface area contributed by atoms with Gasteiger partial charge in [0.25, 0.3) is 0 Å². The predicted octanol–water partition coefficient (Wildman–Crippen LogP) is 2.80. The first kappa shape index (κ1) is 11.5. The van der Waals surface area contributed by atoms with E-state index in [1.54, 1.807) is 0 Å². The van der Waals surface area contributed by atoms with Gasteiger partial charge in [-0.05, 0) is 56.0 Å². The summed E-state index contributed by atoms with van der Waals surface area (Å²) in [5, 5.41) is 3.44. The van der Waals surface area contributed by atoms with Crippen LogP contribution in [0.1, 0.15) is 31.7 Å². The molecule has 88 valence electrons. The van der Waals surface area contributed by atoms with E-state index in [0.717, 1.165) is 31.4 Å². The van der Waals surface area contributed by atoms with Crippen LogP contribution in [0.15, 0.2) is 24.3 Å². The van der Waals surface area contributed by atoms with Crippen molar-refractivity contribution in [2.75, 3.05) is 19.7 Å². The van der Waals surface area contributed by atoms with E-state index in [0.29, 0.717) is 5.92 Å². The van der Waals surface area contributed by atoms with E-state index in [-0.39, 0.29) is 0 Å². The Morgan fingerprint density at radius 1 is 1.31 bits per heavy atom. The molecule has 0 radical (unpaired) electrons. The minimum absolute atomic E-state index is 0.705. The molecule has 1 aromatic carbocycles. The highest BCUT2D eigenvalue weighted by molar-refractivity contribution is 5.30. The number of hydrogen-bond acceptors (Lipinski definition) is 2. The quantitative estimate of drug-likeness (QED) is 0.844. The van der Waals surface area contributed by atoms with Crippen LogP contribution in [0.3, 0.4) is 0 Å². The van der Waals surface area contributed by atoms with Gasteiger partial charge >= 0.3 is 0 Å². The summed E-state index contributed by atoms with van der Waals surface area (Å²) in [5.41, 5.74) is 1.46. The SMILES string of the molecule is CCOc1ccc(C2CCNCC2C)cc1. The van der Waals surface area contributed by atoms with Crippen LogP contribution in [-0.4, -0.2) is 19.7 Å². The van der Waals surface area contributed by atoms with Crippen LogP contribution < -0.4 is 10.1 Å². The average molecular weight is 219 g/mol. The molecule has 16 heavy (non-hydrogen) atoms. The fraction of sp³-hybridized carbons (Fsp3) is 0.571. The van der Waals surface area contributed by atoms with Gasteiger partial charge in [-0.15, -0.1) is 0 Å². The summed E-state index contributed by atoms with van der Waals surface area (Å²) in [6, 6.07) is 8.62. The number of piperidine rings is 1. The number of benzene rings is 1. The van der Waals surface area contributed by atoms with Gasteiger partial charge in [-0.25, -0.2) is 0 Å². The van der Waals surface area contributed by atoms with E-state index < -0.39 is 0 Å². The predicted molar refractivity (Wildman–Crippen MR) is 67.0 cm³/mol. The third kappa shape index (κ3) is 2.56. The Labute approximate surface area is 98.0 Å². The highest BCUT2D eigenvalue weighted by Crippen LogP contribution is 2.30. The van der Waals surface area contributed by atoms with Crippen molar-refractivity contribution >= 4 is 0 Å². The molecule has 0 amide bonds. The number of ether oxygens (including phenoxy) is 1. The third-order valence-corrected chi connectivity index (χ3v) is 3.40. The zero-order valence-corrected chi connectivity index (χ0v) is 10.2. The van der Waals surface area contributed by atoms with E-state index in [2.05, 4.69) is 36.5 Å². The van der Waals surface area contributed by atoms with Gasteiger partial charge < -0.3 is 10.1 Å². The zero-order valence-electron chi connectivity index (χ0n) is 10.2. The third-order valence-electron chi connectivity index (χ3n) is 3.40. The van der Waals surface area contributed by atoms with Crippen molar-refractivity contribution in [1.29, 1.82) is 0 Å². The van der Waals surface area contributed by atoms with Gasteiger partial charge in [0.2, 0.25) is 0 Å². The smallest absolute Gasteiger partial charge is 0.119 e. The minimum atomic E-state index is 0.705. The van der Waals surface area contributed by atoms with Gasteiger partial charge in [0.05, 0.1) is 6.61 Å². The molecule has 0 saturated carbocycles. The summed E-state index contributed by atoms with van der Waals surface area (Å²) >= 11 is 0. The summed E-state index contributed by atoms with van der Waals surface area (Å²) in [4.78, 5) is 0. The Balaban J connectivity index is 2.08. The Kier molecular flexibility index (Phi) is 3.83. The molecule has 1 aliphatic rings. The average Bonchev–Trinajstić information content (AvgIpc) is 2.31. The summed E-state index contributed by atoms with van der Waals surface area (Å²) in [6.07, 6.45) is 1.25. The van der Waals surface area contributed by atoms with Crippen LogP contribution in [0.25, 0.3) is 0 Å². The molecule has 1 heterocycles. The maximum atomic E-state index is 5.46. The second-order valence-electron chi connectivity index (χ2n) is 4.58. The van der Waals surface area contributed by atoms with E-state index in [1.165, 1.54) is 12.0 Å². The van der Waals surface area contributed by atoms with E-state index in [9.17, 15) is 0 Å². The lowest BCUT2D eigenvalue weighted by Crippen LogP contribution is -2.33. The monoisotopic (exact) mass is 219 g/mol. The summed E-state index contributed by atoms with van der Waals surface area (Å²) in [7, 11) is 0. The molecule has 1 N–H and O–H groups in total. The lowest BCUT2D eigenvalue weighted by Gasteiger charge is -2.29. The first-order valence-corrected chi connectivity index (χ1v) is 6.24. The van der Waals surface area contributed by atoms with Gasteiger partial charge in [-0.1, -0.05) is 19.1 Å². The fourth-order valence-electron chi connectivity index (χ4n) is 2.49. The molecule has 2 atom stereocenters. The standard InChI is InChI=1S/C14H21NO/c1-3-16-13-6-4-12(5-7-13)14-8-9-15-10-11(14)2/h4-7,11,14-15H,3,8-10H2,1-2H3. The van der Waals surface area contributed by atoms with Gasteiger partial charge in [0, 0.05) is 0 Å². The highest BCUT2D eigenvalue weighted by Gasteiger charge is 2.22. The van der Waals surface area contributed by atoms with Crippen molar-refractivity contribution in [3.63, 3.8) is 0 Å². The number of nitrogens with one attached hydrogen (secondary N) is 1. The Morgan fingerprint density at radius 2 is 2.06 bits per heavy atom. The molecule has 1 aromatic rings. The topological polar surface area (TPSA) is 21.3 Å². The minimum Gasteiger partial charge on any atom is -0.494 e. The molecule has 0 aromatic heterocycles. The van der Waals surface area contributed by atoms with Gasteiger partial charge in [0.15, 0.2) is 0 Å². The van der Waals surface area contributed by atoms with E-state index in [4.69, 9.17) is 4.74 Å². The van der Waals surface area contributed by atoms with Crippen molar-refractivity contribution in [3.05, 3.63) is 29.8 Å². The summed E-state index contributed by atoms with van der Waals surface area (Å²) in [5.74, 6) is 2.41. The molecule has 1 aliphatic heterocycles. The van der Waals surface area contributed by atoms with Crippen LogP contribution >= 0.6 is 0 Å². The van der Waals surface area contributed by atoms with Crippen LogP contribution in [-0.2, 0) is 0 Å². The van der Waals surface area contributed by atoms with Crippen LogP contribution in [0.2, 0.25) is 0 Å². The maximum Gasteiger partial charge on any atom is 0.119 e. The van der Waals surface area contributed by atoms with Gasteiger partial charge in [0.1, 0.15) is 5.75 Å². The Hall–Kier alpha value is -1.02. The van der Waals surface area contributed by atoms with Crippen LogP contribution in [0.4, 0.5) is 0 Å². The molecule has 0 spiro atoms. The van der Waals surface area contributed by atoms with E-state index in [1.807, 2.05) is 6.92 Å². The highest BCUT2D eigenvalue weighted by atomic mass is 16.5. The first-order valence-electron chi connectivity index (χ1n) is 6.24. The zero-order chi connectivity index (χ0) is 11.4. The molecule has 0 aliphatic carbocycles. The van der Waals surface area contributed by atoms with Crippen LogP contribution in [0, 0.1) is 5.92 Å². The van der Waals surface area contributed by atoms with Crippen molar-refractivity contribution in [3.8, 4) is 5.75 Å². The van der Waals surface area contributed by atoms with Crippen LogP contribution in [0.5, 0.6) is 5.75 Å². The molecule has 2 nitrogen and oxygen atoms in total. The molecule has 1 fully saturated rings. The van der Waals surface area contributed by atoms with Gasteiger partial charge in [-0.2, -0.15) is 0 Å². The second kappa shape index (κ2) is 5.35. The largest absolute Gasteiger partial charge is 0.494 e. The summed E-state index contributed by atoms with van der Waals surface area (Å²) in [6.45, 7) is 7.36. The normalized spacial score (nSPS) is 25.4. The Bertz CT molecular complexity index is 320. The molecular formula is C14H21NO. The molecule has 2 unspecified atom stereocenters. The van der Waals surface area contributed by atoms with Crippen molar-refractivity contribution in [1.82, 2.24) is 5.32 Å². The first-order chi connectivity index (χ1) is 7.81. The maximum absolute atomic E-state index is 5.46. The summed E-state index contributed by atoms with van der Waals surface area (Å²) < 4.78 is 5.46. The molecular weight excluding hydrogens is 198 g/mol. The fourth-order valence-corrected chi connectivity index (χ4v) is 2.49. The molecule has 2 rings (SSSR count). The Morgan fingerprint density at radius 3 is 2.69 bits per heavy atom. The van der Waals surface area contributed by atoms with Crippen molar-refractivity contribution in [2.45, 2.75) is 26.2 Å². The molecule has 1 saturated heterocycles. The van der Waals surface area contributed by atoms with Crippen molar-refractivity contribution < 1.29 is 4.74 Å². The molecule has 2 heteroatoms. The molecule has 0 bridgehead atoms. The van der Waals surface area contributed by atoms with Crippen molar-refractivity contribution in [2.24, 2.45) is 5.92 Å².